The van der Waals surface area contributed by atoms with Crippen molar-refractivity contribution in [2.45, 2.75) is 32.6 Å². The number of methoxy groups -OCH3 is 1. The van der Waals surface area contributed by atoms with Gasteiger partial charge in [0.15, 0.2) is 5.96 Å². The van der Waals surface area contributed by atoms with Gasteiger partial charge in [-0.25, -0.2) is 0 Å². The maximum Gasteiger partial charge on any atom is 0.258 e. The van der Waals surface area contributed by atoms with Crippen LogP contribution in [0.15, 0.2) is 36.4 Å². The highest BCUT2D eigenvalue weighted by Gasteiger charge is 2.16. The molecular formula is C21H27BClN3O2. The van der Waals surface area contributed by atoms with Crippen LogP contribution in [-0.2, 0) is 12.8 Å². The first-order valence-electron chi connectivity index (χ1n) is 9.51. The minimum atomic E-state index is -0.331. The number of guanidine groups is 1. The maximum atomic E-state index is 12.7. The summed E-state index contributed by atoms with van der Waals surface area (Å²) in [6.45, 7) is 2.73. The number of aryl methyl sites for hydroxylation is 1. The summed E-state index contributed by atoms with van der Waals surface area (Å²) in [6, 6.07) is 11.3. The molecule has 0 atom stereocenters. The normalized spacial score (nSPS) is 10.4. The molecule has 1 amide bonds. The zero-order valence-corrected chi connectivity index (χ0v) is 17.5. The van der Waals surface area contributed by atoms with Crippen LogP contribution in [0.5, 0.6) is 5.75 Å². The van der Waals surface area contributed by atoms with Crippen molar-refractivity contribution in [2.24, 2.45) is 0 Å². The van der Waals surface area contributed by atoms with Gasteiger partial charge in [0.2, 0.25) is 0 Å². The van der Waals surface area contributed by atoms with Crippen LogP contribution in [0.3, 0.4) is 0 Å². The molecule has 5 nitrogen and oxygen atoms in total. The van der Waals surface area contributed by atoms with E-state index in [-0.39, 0.29) is 11.9 Å². The largest absolute Gasteiger partial charge is 0.496 e. The predicted molar refractivity (Wildman–Crippen MR) is 118 cm³/mol. The molecule has 3 N–H and O–H groups in total. The van der Waals surface area contributed by atoms with E-state index in [9.17, 15) is 4.79 Å². The number of carbonyl (C=O) groups is 1. The SMILES string of the molecule is Bc1ccc(OC)c(CCc2c(Cl)cccc2C(=O)NC(=N)NCCCC)c1. The zero-order valence-electron chi connectivity index (χ0n) is 16.7. The van der Waals surface area contributed by atoms with Gasteiger partial charge in [0.1, 0.15) is 13.6 Å². The second kappa shape index (κ2) is 10.8. The Morgan fingerprint density at radius 2 is 2.04 bits per heavy atom. The molecule has 0 fully saturated rings. The summed E-state index contributed by atoms with van der Waals surface area (Å²) < 4.78 is 5.45. The maximum absolute atomic E-state index is 12.7. The summed E-state index contributed by atoms with van der Waals surface area (Å²) in [5.74, 6) is 0.498. The van der Waals surface area contributed by atoms with Gasteiger partial charge < -0.3 is 10.1 Å². The monoisotopic (exact) mass is 399 g/mol. The van der Waals surface area contributed by atoms with E-state index in [4.69, 9.17) is 21.7 Å². The lowest BCUT2D eigenvalue weighted by Gasteiger charge is -2.14. The van der Waals surface area contributed by atoms with Gasteiger partial charge in [-0.15, -0.1) is 0 Å². The Kier molecular flexibility index (Phi) is 8.39. The van der Waals surface area contributed by atoms with E-state index in [1.54, 1.807) is 25.3 Å². The van der Waals surface area contributed by atoms with Crippen molar-refractivity contribution in [1.82, 2.24) is 10.6 Å². The Balaban J connectivity index is 2.14. The summed E-state index contributed by atoms with van der Waals surface area (Å²) in [5, 5.41) is 13.9. The molecule has 0 aliphatic heterocycles. The highest BCUT2D eigenvalue weighted by atomic mass is 35.5. The number of benzene rings is 2. The lowest BCUT2D eigenvalue weighted by Crippen LogP contribution is -2.40. The van der Waals surface area contributed by atoms with Crippen molar-refractivity contribution in [2.75, 3.05) is 13.7 Å². The molecule has 0 aliphatic rings. The van der Waals surface area contributed by atoms with Gasteiger partial charge in [-0.2, -0.15) is 0 Å². The van der Waals surface area contributed by atoms with Crippen molar-refractivity contribution in [1.29, 1.82) is 5.41 Å². The van der Waals surface area contributed by atoms with Gasteiger partial charge in [0.05, 0.1) is 7.11 Å². The van der Waals surface area contributed by atoms with Gasteiger partial charge in [0.25, 0.3) is 5.91 Å². The number of rotatable bonds is 8. The number of amides is 1. The molecule has 0 saturated heterocycles. The van der Waals surface area contributed by atoms with E-state index in [0.717, 1.165) is 35.2 Å². The van der Waals surface area contributed by atoms with Crippen LogP contribution in [0.1, 0.15) is 41.3 Å². The first-order valence-corrected chi connectivity index (χ1v) is 9.88. The van der Waals surface area contributed by atoms with Gasteiger partial charge in [-0.05, 0) is 48.6 Å². The fourth-order valence-corrected chi connectivity index (χ4v) is 3.27. The lowest BCUT2D eigenvalue weighted by molar-refractivity contribution is 0.0974. The summed E-state index contributed by atoms with van der Waals surface area (Å²) in [5.41, 5.74) is 3.48. The summed E-state index contributed by atoms with van der Waals surface area (Å²) >= 11 is 6.40. The molecule has 2 rings (SSSR count). The number of halogens is 1. The fourth-order valence-electron chi connectivity index (χ4n) is 3.00. The molecule has 0 unspecified atom stereocenters. The Morgan fingerprint density at radius 3 is 2.75 bits per heavy atom. The van der Waals surface area contributed by atoms with E-state index in [2.05, 4.69) is 23.6 Å². The van der Waals surface area contributed by atoms with Crippen LogP contribution >= 0.6 is 11.6 Å². The van der Waals surface area contributed by atoms with E-state index >= 15 is 0 Å². The molecular weight excluding hydrogens is 373 g/mol. The molecule has 2 aromatic carbocycles. The van der Waals surface area contributed by atoms with Gasteiger partial charge >= 0.3 is 0 Å². The molecule has 0 aliphatic carbocycles. The third kappa shape index (κ3) is 6.03. The fraction of sp³-hybridized carbons (Fsp3) is 0.333. The molecule has 28 heavy (non-hydrogen) atoms. The van der Waals surface area contributed by atoms with Crippen LogP contribution in [0.2, 0.25) is 5.02 Å². The molecule has 7 heteroatoms. The van der Waals surface area contributed by atoms with Crippen molar-refractivity contribution in [3.05, 3.63) is 58.1 Å². The van der Waals surface area contributed by atoms with E-state index in [0.29, 0.717) is 30.0 Å². The van der Waals surface area contributed by atoms with Gasteiger partial charge in [-0.1, -0.05) is 48.6 Å². The molecule has 148 valence electrons. The minimum absolute atomic E-state index is 0.00438. The number of carbonyl (C=O) groups excluding carboxylic acids is 1. The summed E-state index contributed by atoms with van der Waals surface area (Å²) in [7, 11) is 3.69. The number of ether oxygens (including phenoxy) is 1. The topological polar surface area (TPSA) is 74.2 Å². The first-order chi connectivity index (χ1) is 13.5. The standard InChI is InChI=1S/C21H27BClN3O2/c1-3-4-12-25-21(24)26-20(27)17-6-5-7-18(23)16(17)10-8-14-13-15(22)9-11-19(14)28-2/h5-7,9,11,13H,3-4,8,10,12,22H2,1-2H3,(H3,24,25,26,27). The van der Waals surface area contributed by atoms with E-state index in [1.807, 2.05) is 20.0 Å². The number of hydrogen-bond acceptors (Lipinski definition) is 3. The molecule has 0 saturated carbocycles. The minimum Gasteiger partial charge on any atom is -0.496 e. The Bertz CT molecular complexity index is 842. The van der Waals surface area contributed by atoms with Crippen LogP contribution in [0.4, 0.5) is 0 Å². The van der Waals surface area contributed by atoms with Crippen LogP contribution in [0, 0.1) is 5.41 Å². The first kappa shape index (κ1) is 21.8. The molecule has 0 heterocycles. The lowest BCUT2D eigenvalue weighted by atomic mass is 9.91. The highest BCUT2D eigenvalue weighted by Crippen LogP contribution is 2.24. The van der Waals surface area contributed by atoms with Crippen LogP contribution in [-0.4, -0.2) is 33.4 Å². The second-order valence-electron chi connectivity index (χ2n) is 6.69. The summed E-state index contributed by atoms with van der Waals surface area (Å²) in [6.07, 6.45) is 3.26. The van der Waals surface area contributed by atoms with Crippen LogP contribution in [0.25, 0.3) is 0 Å². The van der Waals surface area contributed by atoms with Gasteiger partial charge in [0, 0.05) is 17.1 Å². The third-order valence-corrected chi connectivity index (χ3v) is 4.87. The van der Waals surface area contributed by atoms with Crippen molar-refractivity contribution >= 4 is 36.8 Å². The molecule has 2 aromatic rings. The van der Waals surface area contributed by atoms with Crippen molar-refractivity contribution < 1.29 is 9.53 Å². The molecule has 0 spiro atoms. The second-order valence-corrected chi connectivity index (χ2v) is 7.10. The quantitative estimate of drug-likeness (QED) is 0.276. The number of unbranched alkanes of at least 4 members (excludes halogenated alkanes) is 1. The zero-order chi connectivity index (χ0) is 20.5. The Morgan fingerprint density at radius 1 is 1.25 bits per heavy atom. The van der Waals surface area contributed by atoms with Crippen LogP contribution < -0.4 is 20.8 Å². The number of hydrogen-bond donors (Lipinski definition) is 3. The summed E-state index contributed by atoms with van der Waals surface area (Å²) in [4.78, 5) is 12.7. The predicted octanol–water partition coefficient (Wildman–Crippen LogP) is 2.45. The van der Waals surface area contributed by atoms with Crippen molar-refractivity contribution in [3.8, 4) is 5.75 Å². The average molecular weight is 400 g/mol. The van der Waals surface area contributed by atoms with Gasteiger partial charge in [-0.3, -0.25) is 15.5 Å². The Hall–Kier alpha value is -2.47. The highest BCUT2D eigenvalue weighted by molar-refractivity contribution is 6.32. The Labute approximate surface area is 172 Å². The molecule has 0 aromatic heterocycles. The average Bonchev–Trinajstić information content (AvgIpc) is 2.67. The smallest absolute Gasteiger partial charge is 0.258 e. The van der Waals surface area contributed by atoms with E-state index < -0.39 is 0 Å². The number of nitrogens with one attached hydrogen (secondary N) is 3. The molecule has 0 radical (unpaired) electrons. The van der Waals surface area contributed by atoms with Crippen molar-refractivity contribution in [3.63, 3.8) is 0 Å². The third-order valence-electron chi connectivity index (χ3n) is 4.51. The molecule has 0 bridgehead atoms. The van der Waals surface area contributed by atoms with E-state index in [1.165, 1.54) is 0 Å².